The summed E-state index contributed by atoms with van der Waals surface area (Å²) in [5.74, 6) is -1.42. The molecule has 0 atom stereocenters. The van der Waals surface area contributed by atoms with Crippen molar-refractivity contribution in [3.8, 4) is 6.07 Å². The molecule has 0 spiro atoms. The van der Waals surface area contributed by atoms with Crippen molar-refractivity contribution < 1.29 is 14.0 Å². The van der Waals surface area contributed by atoms with Gasteiger partial charge in [0, 0.05) is 11.4 Å². The first kappa shape index (κ1) is 17.8. The van der Waals surface area contributed by atoms with Gasteiger partial charge in [0.05, 0.1) is 11.6 Å². The highest BCUT2D eigenvalue weighted by molar-refractivity contribution is 6.06. The summed E-state index contributed by atoms with van der Waals surface area (Å²) in [7, 11) is 0. The maximum absolute atomic E-state index is 12.9. The molecule has 0 saturated heterocycles. The highest BCUT2D eigenvalue weighted by Gasteiger charge is 2.13. The molecule has 0 aliphatic carbocycles. The van der Waals surface area contributed by atoms with Crippen molar-refractivity contribution in [3.63, 3.8) is 0 Å². The van der Waals surface area contributed by atoms with Gasteiger partial charge in [-0.15, -0.1) is 0 Å². The first-order valence-electron chi connectivity index (χ1n) is 7.90. The van der Waals surface area contributed by atoms with Gasteiger partial charge in [-0.1, -0.05) is 6.07 Å². The van der Waals surface area contributed by atoms with Gasteiger partial charge in [0.15, 0.2) is 0 Å². The van der Waals surface area contributed by atoms with Gasteiger partial charge < -0.3 is 10.6 Å². The van der Waals surface area contributed by atoms with Crippen LogP contribution in [0, 0.1) is 17.1 Å². The number of halogens is 1. The van der Waals surface area contributed by atoms with Gasteiger partial charge in [-0.05, 0) is 60.7 Å². The Hall–Kier alpha value is -4.05. The van der Waals surface area contributed by atoms with Crippen molar-refractivity contribution in [2.75, 3.05) is 10.6 Å². The highest BCUT2D eigenvalue weighted by atomic mass is 19.1. The molecule has 0 saturated carbocycles. The zero-order valence-corrected chi connectivity index (χ0v) is 13.9. The molecule has 132 valence electrons. The van der Waals surface area contributed by atoms with Gasteiger partial charge in [0.2, 0.25) is 0 Å². The van der Waals surface area contributed by atoms with Gasteiger partial charge in [-0.2, -0.15) is 5.26 Å². The topological polar surface area (TPSA) is 94.9 Å². The van der Waals surface area contributed by atoms with E-state index in [0.29, 0.717) is 16.9 Å². The van der Waals surface area contributed by atoms with E-state index in [1.165, 1.54) is 36.4 Å². The molecular weight excluding hydrogens is 347 g/mol. The number of aromatic nitrogens is 1. The fourth-order valence-electron chi connectivity index (χ4n) is 2.24. The number of nitriles is 1. The number of rotatable bonds is 4. The minimum Gasteiger partial charge on any atom is -0.321 e. The molecule has 0 unspecified atom stereocenters. The van der Waals surface area contributed by atoms with E-state index in [4.69, 9.17) is 5.26 Å². The lowest BCUT2D eigenvalue weighted by Crippen LogP contribution is -2.18. The van der Waals surface area contributed by atoms with Crippen LogP contribution >= 0.6 is 0 Å². The number of carbonyl (C=O) groups is 2. The molecule has 0 radical (unpaired) electrons. The Balaban J connectivity index is 1.71. The number of hydrogen-bond acceptors (Lipinski definition) is 4. The Kier molecular flexibility index (Phi) is 5.19. The van der Waals surface area contributed by atoms with Crippen LogP contribution in [0.1, 0.15) is 26.5 Å². The number of nitrogens with one attached hydrogen (secondary N) is 2. The Morgan fingerprint density at radius 2 is 1.30 bits per heavy atom. The Morgan fingerprint density at radius 1 is 0.815 bits per heavy atom. The molecule has 0 fully saturated rings. The number of pyridine rings is 1. The zero-order valence-electron chi connectivity index (χ0n) is 13.9. The van der Waals surface area contributed by atoms with E-state index in [2.05, 4.69) is 15.6 Å². The molecule has 0 bridgehead atoms. The zero-order chi connectivity index (χ0) is 19.2. The molecular formula is C20H13FN4O2. The summed E-state index contributed by atoms with van der Waals surface area (Å²) < 4.78 is 12.9. The summed E-state index contributed by atoms with van der Waals surface area (Å²) in [4.78, 5) is 28.7. The van der Waals surface area contributed by atoms with Crippen LogP contribution in [0.15, 0.2) is 66.7 Å². The number of nitrogens with zero attached hydrogens (tertiary/aromatic N) is 2. The quantitative estimate of drug-likeness (QED) is 0.743. The Morgan fingerprint density at radius 3 is 1.78 bits per heavy atom. The molecule has 7 heteroatoms. The summed E-state index contributed by atoms with van der Waals surface area (Å²) >= 11 is 0. The van der Waals surface area contributed by atoms with Crippen LogP contribution in [0.2, 0.25) is 0 Å². The van der Waals surface area contributed by atoms with E-state index in [0.717, 1.165) is 0 Å². The number of anilines is 2. The van der Waals surface area contributed by atoms with Crippen LogP contribution in [-0.2, 0) is 0 Å². The summed E-state index contributed by atoms with van der Waals surface area (Å²) in [6.45, 7) is 0. The minimum atomic E-state index is -0.519. The van der Waals surface area contributed by atoms with E-state index in [1.54, 1.807) is 30.3 Å². The second-order valence-corrected chi connectivity index (χ2v) is 5.51. The molecule has 3 aromatic rings. The SMILES string of the molecule is N#Cc1ccc(NC(=O)c2cccc(C(=O)Nc3ccc(F)cc3)n2)cc1. The predicted octanol–water partition coefficient (Wildman–Crippen LogP) is 3.60. The van der Waals surface area contributed by atoms with E-state index in [-0.39, 0.29) is 11.4 Å². The van der Waals surface area contributed by atoms with Crippen LogP contribution in [0.3, 0.4) is 0 Å². The molecule has 6 nitrogen and oxygen atoms in total. The lowest BCUT2D eigenvalue weighted by Gasteiger charge is -2.07. The average Bonchev–Trinajstić information content (AvgIpc) is 2.70. The fourth-order valence-corrected chi connectivity index (χ4v) is 2.24. The Bertz CT molecular complexity index is 1030. The Labute approximate surface area is 154 Å². The third kappa shape index (κ3) is 4.52. The van der Waals surface area contributed by atoms with Crippen LogP contribution in [0.5, 0.6) is 0 Å². The van der Waals surface area contributed by atoms with Gasteiger partial charge in [0.1, 0.15) is 17.2 Å². The van der Waals surface area contributed by atoms with Gasteiger partial charge in [-0.25, -0.2) is 9.37 Å². The summed E-state index contributed by atoms with van der Waals surface area (Å²) in [6, 6.07) is 18.1. The lowest BCUT2D eigenvalue weighted by molar-refractivity contribution is 0.101. The van der Waals surface area contributed by atoms with Crippen molar-refractivity contribution in [1.82, 2.24) is 4.98 Å². The van der Waals surface area contributed by atoms with Crippen LogP contribution in [0.4, 0.5) is 15.8 Å². The molecule has 27 heavy (non-hydrogen) atoms. The molecule has 1 heterocycles. The largest absolute Gasteiger partial charge is 0.321 e. The van der Waals surface area contributed by atoms with E-state index in [1.807, 2.05) is 6.07 Å². The maximum atomic E-state index is 12.9. The van der Waals surface area contributed by atoms with Crippen LogP contribution in [0.25, 0.3) is 0 Å². The second kappa shape index (κ2) is 7.89. The summed E-state index contributed by atoms with van der Waals surface area (Å²) in [6.07, 6.45) is 0. The van der Waals surface area contributed by atoms with E-state index >= 15 is 0 Å². The summed E-state index contributed by atoms with van der Waals surface area (Å²) in [5.41, 5.74) is 1.50. The molecule has 2 amide bonds. The first-order valence-corrected chi connectivity index (χ1v) is 7.90. The molecule has 1 aromatic heterocycles. The molecule has 2 aromatic carbocycles. The molecule has 0 aliphatic rings. The normalized spacial score (nSPS) is 9.93. The highest BCUT2D eigenvalue weighted by Crippen LogP contribution is 2.12. The van der Waals surface area contributed by atoms with E-state index < -0.39 is 17.6 Å². The molecule has 0 aliphatic heterocycles. The number of benzene rings is 2. The first-order chi connectivity index (χ1) is 13.0. The van der Waals surface area contributed by atoms with Crippen molar-refractivity contribution >= 4 is 23.2 Å². The number of carbonyl (C=O) groups excluding carboxylic acids is 2. The maximum Gasteiger partial charge on any atom is 0.274 e. The monoisotopic (exact) mass is 360 g/mol. The third-order valence-electron chi connectivity index (χ3n) is 3.59. The van der Waals surface area contributed by atoms with Gasteiger partial charge in [0.25, 0.3) is 11.8 Å². The number of hydrogen-bond donors (Lipinski definition) is 2. The standard InChI is InChI=1S/C20H13FN4O2/c21-14-6-10-16(11-7-14)24-20(27)18-3-1-2-17(25-18)19(26)23-15-8-4-13(12-22)5-9-15/h1-11H,(H,23,26)(H,24,27). The fraction of sp³-hybridized carbons (Fsp3) is 0. The van der Waals surface area contributed by atoms with Crippen molar-refractivity contribution in [3.05, 3.63) is 89.5 Å². The van der Waals surface area contributed by atoms with E-state index in [9.17, 15) is 14.0 Å². The van der Waals surface area contributed by atoms with Gasteiger partial charge >= 0.3 is 0 Å². The second-order valence-electron chi connectivity index (χ2n) is 5.51. The number of amides is 2. The van der Waals surface area contributed by atoms with Crippen molar-refractivity contribution in [1.29, 1.82) is 5.26 Å². The predicted molar refractivity (Wildman–Crippen MR) is 97.7 cm³/mol. The van der Waals surface area contributed by atoms with Gasteiger partial charge in [-0.3, -0.25) is 9.59 Å². The lowest BCUT2D eigenvalue weighted by atomic mass is 10.2. The minimum absolute atomic E-state index is 0.0480. The smallest absolute Gasteiger partial charge is 0.274 e. The van der Waals surface area contributed by atoms with Crippen molar-refractivity contribution in [2.45, 2.75) is 0 Å². The van der Waals surface area contributed by atoms with Crippen molar-refractivity contribution in [2.24, 2.45) is 0 Å². The molecule has 2 N–H and O–H groups in total. The average molecular weight is 360 g/mol. The molecule has 3 rings (SSSR count). The summed E-state index contributed by atoms with van der Waals surface area (Å²) in [5, 5.41) is 14.0. The van der Waals surface area contributed by atoms with Crippen LogP contribution in [-0.4, -0.2) is 16.8 Å². The van der Waals surface area contributed by atoms with Crippen LogP contribution < -0.4 is 10.6 Å². The third-order valence-corrected chi connectivity index (χ3v) is 3.59.